The first-order valence-electron chi connectivity index (χ1n) is 10.8. The van der Waals surface area contributed by atoms with E-state index in [-0.39, 0.29) is 18.8 Å². The molecule has 0 saturated carbocycles. The van der Waals surface area contributed by atoms with Gasteiger partial charge in [0.15, 0.2) is 0 Å². The number of nitrogens with one attached hydrogen (secondary N) is 3. The quantitative estimate of drug-likeness (QED) is 0.158. The van der Waals surface area contributed by atoms with E-state index in [1.54, 1.807) is 44.2 Å². The van der Waals surface area contributed by atoms with E-state index in [0.717, 1.165) is 0 Å². The standard InChI is InChI=1S/C22H33N5O7/c1-12(2)8-15(20(31)26-16(22(33)34)9-13-6-4-3-5-7-13)25-21(32)17(11-28)27-19(30)14(23)10-18(24)29/h3-7,12,14-17,28H,8-11,23H2,1-2H3,(H2,24,29)(H,25,32)(H,26,31)(H,27,30)(H,33,34). The monoisotopic (exact) mass is 479 g/mol. The second kappa shape index (κ2) is 13.9. The number of benzene rings is 1. The van der Waals surface area contributed by atoms with Gasteiger partial charge >= 0.3 is 5.97 Å². The number of primary amides is 1. The molecule has 12 nitrogen and oxygen atoms in total. The van der Waals surface area contributed by atoms with Crippen molar-refractivity contribution >= 4 is 29.6 Å². The first-order chi connectivity index (χ1) is 15.9. The Morgan fingerprint density at radius 2 is 1.41 bits per heavy atom. The SMILES string of the molecule is CC(C)CC(NC(=O)C(CO)NC(=O)C(N)CC(N)=O)C(=O)NC(Cc1ccccc1)C(=O)O. The molecule has 34 heavy (non-hydrogen) atoms. The van der Waals surface area contributed by atoms with Crippen LogP contribution >= 0.6 is 0 Å². The lowest BCUT2D eigenvalue weighted by atomic mass is 10.0. The maximum absolute atomic E-state index is 12.9. The first-order valence-corrected chi connectivity index (χ1v) is 10.8. The zero-order chi connectivity index (χ0) is 25.8. The van der Waals surface area contributed by atoms with Gasteiger partial charge in [-0.2, -0.15) is 0 Å². The maximum Gasteiger partial charge on any atom is 0.326 e. The number of aliphatic carboxylic acids is 1. The Morgan fingerprint density at radius 3 is 1.91 bits per heavy atom. The summed E-state index contributed by atoms with van der Waals surface area (Å²) in [6.07, 6.45) is -0.248. The number of aliphatic hydroxyl groups excluding tert-OH is 1. The third-order valence-corrected chi connectivity index (χ3v) is 4.81. The van der Waals surface area contributed by atoms with E-state index in [1.165, 1.54) is 0 Å². The van der Waals surface area contributed by atoms with Crippen molar-refractivity contribution in [2.75, 3.05) is 6.61 Å². The molecule has 0 fully saturated rings. The highest BCUT2D eigenvalue weighted by atomic mass is 16.4. The van der Waals surface area contributed by atoms with Crippen molar-refractivity contribution in [1.29, 1.82) is 0 Å². The highest BCUT2D eigenvalue weighted by Crippen LogP contribution is 2.08. The molecule has 0 bridgehead atoms. The van der Waals surface area contributed by atoms with E-state index in [9.17, 15) is 34.2 Å². The summed E-state index contributed by atoms with van der Waals surface area (Å²) in [6.45, 7) is 2.81. The van der Waals surface area contributed by atoms with Crippen molar-refractivity contribution in [2.45, 2.75) is 57.3 Å². The van der Waals surface area contributed by atoms with Crippen molar-refractivity contribution in [3.05, 3.63) is 35.9 Å². The minimum Gasteiger partial charge on any atom is -0.480 e. The molecule has 1 aromatic rings. The van der Waals surface area contributed by atoms with Crippen LogP contribution in [0.25, 0.3) is 0 Å². The molecule has 1 rings (SSSR count). The molecule has 0 spiro atoms. The predicted octanol–water partition coefficient (Wildman–Crippen LogP) is -1.99. The van der Waals surface area contributed by atoms with Crippen molar-refractivity contribution in [3.8, 4) is 0 Å². The van der Waals surface area contributed by atoms with Gasteiger partial charge in [-0.3, -0.25) is 19.2 Å². The average Bonchev–Trinajstić information content (AvgIpc) is 2.75. The predicted molar refractivity (Wildman–Crippen MR) is 122 cm³/mol. The van der Waals surface area contributed by atoms with Gasteiger partial charge in [0, 0.05) is 6.42 Å². The highest BCUT2D eigenvalue weighted by molar-refractivity contribution is 5.95. The summed E-state index contributed by atoms with van der Waals surface area (Å²) in [5.41, 5.74) is 11.2. The number of nitrogens with two attached hydrogens (primary N) is 2. The topological polar surface area (TPSA) is 214 Å². The van der Waals surface area contributed by atoms with Crippen LogP contribution in [0.4, 0.5) is 0 Å². The van der Waals surface area contributed by atoms with Gasteiger partial charge < -0.3 is 37.6 Å². The molecule has 0 heterocycles. The summed E-state index contributed by atoms with van der Waals surface area (Å²) in [6, 6.07) is 3.60. The Morgan fingerprint density at radius 1 is 0.882 bits per heavy atom. The van der Waals surface area contributed by atoms with Gasteiger partial charge in [0.25, 0.3) is 0 Å². The van der Waals surface area contributed by atoms with Crippen molar-refractivity contribution in [3.63, 3.8) is 0 Å². The molecule has 12 heteroatoms. The van der Waals surface area contributed by atoms with E-state index < -0.39 is 66.8 Å². The Labute approximate surface area is 197 Å². The number of rotatable bonds is 14. The lowest BCUT2D eigenvalue weighted by Gasteiger charge is -2.25. The second-order valence-corrected chi connectivity index (χ2v) is 8.30. The molecule has 4 atom stereocenters. The number of carbonyl (C=O) groups excluding carboxylic acids is 4. The van der Waals surface area contributed by atoms with E-state index >= 15 is 0 Å². The van der Waals surface area contributed by atoms with Crippen LogP contribution < -0.4 is 27.4 Å². The van der Waals surface area contributed by atoms with Crippen LogP contribution in [0.3, 0.4) is 0 Å². The summed E-state index contributed by atoms with van der Waals surface area (Å²) in [5, 5.41) is 26.2. The van der Waals surface area contributed by atoms with Crippen LogP contribution in [0.2, 0.25) is 0 Å². The van der Waals surface area contributed by atoms with Crippen LogP contribution in [0, 0.1) is 5.92 Å². The molecular formula is C22H33N5O7. The minimum absolute atomic E-state index is 0.0390. The lowest BCUT2D eigenvalue weighted by Crippen LogP contribution is -2.58. The molecule has 1 aromatic carbocycles. The Bertz CT molecular complexity index is 862. The lowest BCUT2D eigenvalue weighted by molar-refractivity contribution is -0.142. The fourth-order valence-electron chi connectivity index (χ4n) is 3.08. The molecule has 0 aliphatic heterocycles. The Kier molecular flexibility index (Phi) is 11.7. The third-order valence-electron chi connectivity index (χ3n) is 4.81. The molecule has 0 saturated heterocycles. The maximum atomic E-state index is 12.9. The number of carboxylic acid groups (broad SMARTS) is 1. The fourth-order valence-corrected chi connectivity index (χ4v) is 3.08. The largest absolute Gasteiger partial charge is 0.480 e. The average molecular weight is 480 g/mol. The van der Waals surface area contributed by atoms with Crippen molar-refractivity contribution < 1.29 is 34.2 Å². The third kappa shape index (κ3) is 9.96. The second-order valence-electron chi connectivity index (χ2n) is 8.30. The molecule has 0 aliphatic carbocycles. The van der Waals surface area contributed by atoms with E-state index in [4.69, 9.17) is 11.5 Å². The minimum atomic E-state index is -1.45. The summed E-state index contributed by atoms with van der Waals surface area (Å²) in [4.78, 5) is 60.2. The smallest absolute Gasteiger partial charge is 0.326 e. The molecule has 0 radical (unpaired) electrons. The molecular weight excluding hydrogens is 446 g/mol. The molecule has 188 valence electrons. The molecule has 0 aliphatic rings. The number of carbonyl (C=O) groups is 5. The molecule has 9 N–H and O–H groups in total. The number of amides is 4. The number of hydrogen-bond acceptors (Lipinski definition) is 7. The van der Waals surface area contributed by atoms with Gasteiger partial charge in [0.1, 0.15) is 18.1 Å². The van der Waals surface area contributed by atoms with Gasteiger partial charge in [-0.05, 0) is 17.9 Å². The van der Waals surface area contributed by atoms with Gasteiger partial charge in [-0.15, -0.1) is 0 Å². The van der Waals surface area contributed by atoms with Gasteiger partial charge in [0.2, 0.25) is 23.6 Å². The van der Waals surface area contributed by atoms with Gasteiger partial charge in [0.05, 0.1) is 19.1 Å². The van der Waals surface area contributed by atoms with Gasteiger partial charge in [-0.1, -0.05) is 44.2 Å². The first kappa shape index (κ1) is 28.5. The normalized spacial score (nSPS) is 14.4. The van der Waals surface area contributed by atoms with E-state index in [1.807, 2.05) is 0 Å². The molecule has 0 aromatic heterocycles. The summed E-state index contributed by atoms with van der Waals surface area (Å²) < 4.78 is 0. The molecule has 4 amide bonds. The summed E-state index contributed by atoms with van der Waals surface area (Å²) in [7, 11) is 0. The Hall–Kier alpha value is -3.51. The van der Waals surface area contributed by atoms with Gasteiger partial charge in [-0.25, -0.2) is 4.79 Å². The van der Waals surface area contributed by atoms with E-state index in [0.29, 0.717) is 5.56 Å². The number of carboxylic acids is 1. The van der Waals surface area contributed by atoms with Crippen molar-refractivity contribution in [1.82, 2.24) is 16.0 Å². The number of hydrogen-bond donors (Lipinski definition) is 7. The van der Waals surface area contributed by atoms with E-state index in [2.05, 4.69) is 16.0 Å². The van der Waals surface area contributed by atoms with Crippen LogP contribution in [-0.2, 0) is 30.4 Å². The Balaban J connectivity index is 2.90. The summed E-state index contributed by atoms with van der Waals surface area (Å²) >= 11 is 0. The van der Waals surface area contributed by atoms with Crippen LogP contribution in [-0.4, -0.2) is 70.6 Å². The summed E-state index contributed by atoms with van der Waals surface area (Å²) in [5.74, 6) is -4.59. The van der Waals surface area contributed by atoms with Crippen LogP contribution in [0.1, 0.15) is 32.3 Å². The number of aliphatic hydroxyl groups is 1. The molecule has 4 unspecified atom stereocenters. The zero-order valence-corrected chi connectivity index (χ0v) is 19.2. The highest BCUT2D eigenvalue weighted by Gasteiger charge is 2.30. The van der Waals surface area contributed by atoms with Crippen molar-refractivity contribution in [2.24, 2.45) is 17.4 Å². The van der Waals surface area contributed by atoms with Crippen LogP contribution in [0.15, 0.2) is 30.3 Å². The zero-order valence-electron chi connectivity index (χ0n) is 19.2. The van der Waals surface area contributed by atoms with Crippen LogP contribution in [0.5, 0.6) is 0 Å². The fraction of sp³-hybridized carbons (Fsp3) is 0.500.